The van der Waals surface area contributed by atoms with E-state index in [9.17, 15) is 22.4 Å². The molecule has 1 aliphatic rings. The number of para-hydroxylation sites is 1. The Labute approximate surface area is 242 Å². The molecule has 1 saturated carbocycles. The van der Waals surface area contributed by atoms with Gasteiger partial charge in [-0.25, -0.2) is 12.8 Å². The molecule has 9 heteroatoms. The number of carbonyl (C=O) groups is 2. The van der Waals surface area contributed by atoms with Gasteiger partial charge in [0.2, 0.25) is 11.8 Å². The average molecular weight is 580 g/mol. The topological polar surface area (TPSA) is 86.8 Å². The van der Waals surface area contributed by atoms with Crippen molar-refractivity contribution in [2.75, 3.05) is 10.8 Å². The maximum absolute atomic E-state index is 14.2. The molecule has 7 nitrogen and oxygen atoms in total. The number of amides is 2. The molecule has 3 aromatic rings. The number of aryl methyl sites for hydroxylation is 1. The van der Waals surface area contributed by atoms with E-state index in [2.05, 4.69) is 5.32 Å². The van der Waals surface area contributed by atoms with Crippen molar-refractivity contribution in [1.82, 2.24) is 10.2 Å². The fraction of sp³-hybridized carbons (Fsp3) is 0.375. The van der Waals surface area contributed by atoms with Crippen LogP contribution in [-0.2, 0) is 26.2 Å². The van der Waals surface area contributed by atoms with Crippen LogP contribution in [0.15, 0.2) is 83.8 Å². The van der Waals surface area contributed by atoms with E-state index in [0.717, 1.165) is 36.4 Å². The maximum atomic E-state index is 14.2. The normalized spacial score (nSPS) is 14.7. The zero-order valence-corrected chi connectivity index (χ0v) is 24.4. The lowest BCUT2D eigenvalue weighted by Gasteiger charge is -2.34. The van der Waals surface area contributed by atoms with Gasteiger partial charge in [-0.2, -0.15) is 0 Å². The van der Waals surface area contributed by atoms with Crippen molar-refractivity contribution in [3.05, 3.63) is 95.8 Å². The van der Waals surface area contributed by atoms with Gasteiger partial charge >= 0.3 is 0 Å². The molecule has 1 aliphatic carbocycles. The summed E-state index contributed by atoms with van der Waals surface area (Å²) in [5.74, 6) is -1.20. The summed E-state index contributed by atoms with van der Waals surface area (Å²) in [4.78, 5) is 29.2. The van der Waals surface area contributed by atoms with Crippen LogP contribution in [-0.4, -0.2) is 43.8 Å². The number of anilines is 1. The van der Waals surface area contributed by atoms with E-state index in [1.165, 1.54) is 29.2 Å². The van der Waals surface area contributed by atoms with Crippen molar-refractivity contribution in [2.24, 2.45) is 0 Å². The van der Waals surface area contributed by atoms with Gasteiger partial charge in [0.15, 0.2) is 0 Å². The van der Waals surface area contributed by atoms with Crippen LogP contribution in [0.4, 0.5) is 10.1 Å². The van der Waals surface area contributed by atoms with Crippen LogP contribution in [0.2, 0.25) is 0 Å². The first-order chi connectivity index (χ1) is 19.7. The molecule has 41 heavy (non-hydrogen) atoms. The van der Waals surface area contributed by atoms with Crippen LogP contribution in [0.3, 0.4) is 0 Å². The second-order valence-electron chi connectivity index (χ2n) is 10.5. The predicted molar refractivity (Wildman–Crippen MR) is 158 cm³/mol. The SMILES string of the molecule is CC[C@@H](C(=O)NC1CCCCC1)N(Cc1ccc(F)cc1)C(=O)CN(c1ccccc1C)S(=O)(=O)c1ccccc1. The van der Waals surface area contributed by atoms with Gasteiger partial charge in [-0.3, -0.25) is 13.9 Å². The Kier molecular flexibility index (Phi) is 10.2. The van der Waals surface area contributed by atoms with Crippen LogP contribution >= 0.6 is 0 Å². The van der Waals surface area contributed by atoms with Gasteiger partial charge in [0.1, 0.15) is 18.4 Å². The van der Waals surface area contributed by atoms with Crippen LogP contribution < -0.4 is 9.62 Å². The molecule has 2 amide bonds. The van der Waals surface area contributed by atoms with E-state index in [1.807, 2.05) is 6.92 Å². The molecule has 1 atom stereocenters. The Morgan fingerprint density at radius 3 is 2.20 bits per heavy atom. The number of benzene rings is 3. The lowest BCUT2D eigenvalue weighted by Crippen LogP contribution is -2.54. The van der Waals surface area contributed by atoms with Gasteiger partial charge in [0.25, 0.3) is 10.0 Å². The summed E-state index contributed by atoms with van der Waals surface area (Å²) in [5, 5.41) is 3.13. The van der Waals surface area contributed by atoms with Crippen LogP contribution in [0.1, 0.15) is 56.6 Å². The molecule has 0 radical (unpaired) electrons. The van der Waals surface area contributed by atoms with Crippen molar-refractivity contribution >= 4 is 27.5 Å². The van der Waals surface area contributed by atoms with Gasteiger partial charge in [-0.1, -0.05) is 74.7 Å². The van der Waals surface area contributed by atoms with E-state index in [1.54, 1.807) is 61.5 Å². The van der Waals surface area contributed by atoms with Gasteiger partial charge in [-0.15, -0.1) is 0 Å². The van der Waals surface area contributed by atoms with Gasteiger partial charge in [-0.05, 0) is 67.6 Å². The molecule has 0 aliphatic heterocycles. The Morgan fingerprint density at radius 1 is 0.927 bits per heavy atom. The highest BCUT2D eigenvalue weighted by Gasteiger charge is 2.34. The minimum absolute atomic E-state index is 0.0305. The van der Waals surface area contributed by atoms with Gasteiger partial charge < -0.3 is 10.2 Å². The third-order valence-corrected chi connectivity index (χ3v) is 9.37. The van der Waals surface area contributed by atoms with Crippen molar-refractivity contribution in [2.45, 2.75) is 75.9 Å². The molecule has 4 rings (SSSR count). The lowest BCUT2D eigenvalue weighted by atomic mass is 9.95. The summed E-state index contributed by atoms with van der Waals surface area (Å²) in [7, 11) is -4.12. The molecule has 0 aromatic heterocycles. The molecule has 218 valence electrons. The number of nitrogens with one attached hydrogen (secondary N) is 1. The quantitative estimate of drug-likeness (QED) is 0.321. The van der Waals surface area contributed by atoms with Crippen LogP contribution in [0.25, 0.3) is 0 Å². The highest BCUT2D eigenvalue weighted by molar-refractivity contribution is 7.92. The van der Waals surface area contributed by atoms with Crippen LogP contribution in [0, 0.1) is 12.7 Å². The lowest BCUT2D eigenvalue weighted by molar-refractivity contribution is -0.140. The first kappa shape index (κ1) is 30.2. The Bertz CT molecular complexity index is 1420. The summed E-state index contributed by atoms with van der Waals surface area (Å²) in [6, 6.07) is 19.9. The summed E-state index contributed by atoms with van der Waals surface area (Å²) >= 11 is 0. The molecule has 1 N–H and O–H groups in total. The van der Waals surface area contributed by atoms with Crippen molar-refractivity contribution < 1.29 is 22.4 Å². The number of rotatable bonds is 11. The molecule has 3 aromatic carbocycles. The number of carbonyl (C=O) groups excluding carboxylic acids is 2. The predicted octanol–water partition coefficient (Wildman–Crippen LogP) is 5.59. The fourth-order valence-corrected chi connectivity index (χ4v) is 6.83. The highest BCUT2D eigenvalue weighted by Crippen LogP contribution is 2.27. The summed E-state index contributed by atoms with van der Waals surface area (Å²) in [6.45, 7) is 3.14. The monoisotopic (exact) mass is 579 g/mol. The third kappa shape index (κ3) is 7.52. The molecule has 0 saturated heterocycles. The van der Waals surface area contributed by atoms with E-state index >= 15 is 0 Å². The van der Waals surface area contributed by atoms with Crippen LogP contribution in [0.5, 0.6) is 0 Å². The molecule has 0 bridgehead atoms. The van der Waals surface area contributed by atoms with Gasteiger partial charge in [0.05, 0.1) is 10.6 Å². The Morgan fingerprint density at radius 2 is 1.56 bits per heavy atom. The zero-order valence-electron chi connectivity index (χ0n) is 23.6. The van der Waals surface area contributed by atoms with Crippen molar-refractivity contribution in [3.8, 4) is 0 Å². The average Bonchev–Trinajstić information content (AvgIpc) is 2.98. The number of halogens is 1. The second kappa shape index (κ2) is 13.8. The fourth-order valence-electron chi connectivity index (χ4n) is 5.33. The van der Waals surface area contributed by atoms with Gasteiger partial charge in [0, 0.05) is 12.6 Å². The Hall–Kier alpha value is -3.72. The largest absolute Gasteiger partial charge is 0.352 e. The number of hydrogen-bond donors (Lipinski definition) is 1. The molecule has 1 fully saturated rings. The van der Waals surface area contributed by atoms with E-state index in [-0.39, 0.29) is 23.4 Å². The summed E-state index contributed by atoms with van der Waals surface area (Å²) in [5.41, 5.74) is 1.70. The summed E-state index contributed by atoms with van der Waals surface area (Å²) in [6.07, 6.45) is 5.35. The zero-order chi connectivity index (χ0) is 29.4. The van der Waals surface area contributed by atoms with E-state index in [0.29, 0.717) is 23.2 Å². The first-order valence-corrected chi connectivity index (χ1v) is 15.6. The highest BCUT2D eigenvalue weighted by atomic mass is 32.2. The van der Waals surface area contributed by atoms with Crippen molar-refractivity contribution in [3.63, 3.8) is 0 Å². The van der Waals surface area contributed by atoms with Crippen molar-refractivity contribution in [1.29, 1.82) is 0 Å². The summed E-state index contributed by atoms with van der Waals surface area (Å²) < 4.78 is 42.6. The van der Waals surface area contributed by atoms with E-state index < -0.39 is 34.3 Å². The third-order valence-electron chi connectivity index (χ3n) is 7.60. The molecular weight excluding hydrogens is 541 g/mol. The molecular formula is C32H38FN3O4S. The standard InChI is InChI=1S/C32H38FN3O4S/c1-3-29(32(38)34-27-13-6-4-7-14-27)35(22-25-18-20-26(33)21-19-25)31(37)23-36(30-17-11-10-12-24(30)2)41(39,40)28-15-8-5-9-16-28/h5,8-12,15-21,27,29H,3-4,6-7,13-14,22-23H2,1-2H3,(H,34,38)/t29-/m0/s1. The number of nitrogens with zero attached hydrogens (tertiary/aromatic N) is 2. The second-order valence-corrected chi connectivity index (χ2v) is 12.4. The maximum Gasteiger partial charge on any atom is 0.264 e. The molecule has 0 spiro atoms. The molecule has 0 unspecified atom stereocenters. The molecule has 0 heterocycles. The number of sulfonamides is 1. The first-order valence-electron chi connectivity index (χ1n) is 14.2. The minimum Gasteiger partial charge on any atom is -0.352 e. The number of hydrogen-bond acceptors (Lipinski definition) is 4. The smallest absolute Gasteiger partial charge is 0.264 e. The van der Waals surface area contributed by atoms with E-state index in [4.69, 9.17) is 0 Å². The Balaban J connectivity index is 1.70. The minimum atomic E-state index is -4.12.